The van der Waals surface area contributed by atoms with Crippen LogP contribution in [0.15, 0.2) is 47.5 Å². The first-order valence-electron chi connectivity index (χ1n) is 10.9. The number of hydrogen-bond donors (Lipinski definition) is 0. The van der Waals surface area contributed by atoms with Gasteiger partial charge in [-0.05, 0) is 60.3 Å². The van der Waals surface area contributed by atoms with Gasteiger partial charge in [-0.25, -0.2) is 4.39 Å². The Bertz CT molecular complexity index is 1410. The summed E-state index contributed by atoms with van der Waals surface area (Å²) in [5.41, 5.74) is 0.404. The van der Waals surface area contributed by atoms with E-state index in [9.17, 15) is 27.2 Å². The predicted octanol–water partition coefficient (Wildman–Crippen LogP) is 5.45. The van der Waals surface area contributed by atoms with Gasteiger partial charge in [-0.1, -0.05) is 23.7 Å². The smallest absolute Gasteiger partial charge is 0.301 e. The Morgan fingerprint density at radius 2 is 1.94 bits per heavy atom. The topological polar surface area (TPSA) is 58.4 Å². The lowest BCUT2D eigenvalue weighted by Crippen LogP contribution is -2.44. The summed E-state index contributed by atoms with van der Waals surface area (Å²) in [6, 6.07) is 7.89. The molecule has 12 heteroatoms. The minimum absolute atomic E-state index is 0.00700. The van der Waals surface area contributed by atoms with Gasteiger partial charge in [0.25, 0.3) is 11.1 Å². The second-order valence-corrected chi connectivity index (χ2v) is 10.2. The van der Waals surface area contributed by atoms with Crippen LogP contribution in [-0.4, -0.2) is 63.1 Å². The third kappa shape index (κ3) is 4.62. The zero-order valence-corrected chi connectivity index (χ0v) is 20.4. The van der Waals surface area contributed by atoms with Crippen LogP contribution >= 0.6 is 23.4 Å². The van der Waals surface area contributed by atoms with Crippen LogP contribution in [0.1, 0.15) is 16.7 Å². The van der Waals surface area contributed by atoms with Gasteiger partial charge in [-0.2, -0.15) is 18.3 Å². The molecule has 6 nitrogen and oxygen atoms in total. The van der Waals surface area contributed by atoms with Gasteiger partial charge in [0.05, 0.1) is 34.8 Å². The highest BCUT2D eigenvalue weighted by Crippen LogP contribution is 2.37. The fourth-order valence-electron chi connectivity index (χ4n) is 4.52. The Morgan fingerprint density at radius 3 is 2.64 bits per heavy atom. The quantitative estimate of drug-likeness (QED) is 0.327. The summed E-state index contributed by atoms with van der Waals surface area (Å²) < 4.78 is 56.2. The monoisotopic (exact) mass is 538 g/mol. The van der Waals surface area contributed by atoms with Crippen LogP contribution < -0.4 is 0 Å². The number of alkyl halides is 4. The molecule has 0 unspecified atom stereocenters. The summed E-state index contributed by atoms with van der Waals surface area (Å²) in [6.45, 7) is 0.321. The standard InChI is InChI=1S/C24H19ClF4N4O2S/c1-31-11-18(26)20(12-31)33-22(34)21(36-23(33)35)7-13-2-5-19-15(6-13)9-30-32(19)10-14-3-4-16(25)8-17(14)24(27,28)29/h2-9,18,20H,10-12H2,1H3/t18-,20+/m1/s1. The maximum atomic E-state index is 14.3. The van der Waals surface area contributed by atoms with Crippen LogP contribution in [0.3, 0.4) is 0 Å². The zero-order valence-electron chi connectivity index (χ0n) is 18.8. The third-order valence-electron chi connectivity index (χ3n) is 6.22. The molecule has 2 aliphatic heterocycles. The molecular weight excluding hydrogens is 520 g/mol. The number of benzene rings is 2. The molecule has 0 aliphatic carbocycles. The molecule has 0 N–H and O–H groups in total. The van der Waals surface area contributed by atoms with E-state index in [1.807, 2.05) is 0 Å². The molecule has 2 amide bonds. The largest absolute Gasteiger partial charge is 0.416 e. The van der Waals surface area contributed by atoms with E-state index in [4.69, 9.17) is 11.6 Å². The molecule has 188 valence electrons. The van der Waals surface area contributed by atoms with E-state index in [-0.39, 0.29) is 35.1 Å². The van der Waals surface area contributed by atoms with Crippen LogP contribution in [0, 0.1) is 0 Å². The molecule has 0 saturated carbocycles. The molecule has 2 atom stereocenters. The van der Waals surface area contributed by atoms with Gasteiger partial charge >= 0.3 is 6.18 Å². The number of hydrogen-bond acceptors (Lipinski definition) is 5. The van der Waals surface area contributed by atoms with Crippen molar-refractivity contribution in [2.75, 3.05) is 20.1 Å². The van der Waals surface area contributed by atoms with E-state index in [0.717, 1.165) is 22.7 Å². The first kappa shape index (κ1) is 24.8. The van der Waals surface area contributed by atoms with Crippen molar-refractivity contribution in [1.82, 2.24) is 19.6 Å². The number of carbonyl (C=O) groups excluding carboxylic acids is 2. The maximum absolute atomic E-state index is 14.3. The normalized spacial score (nSPS) is 22.5. The number of imide groups is 1. The molecule has 2 aromatic carbocycles. The van der Waals surface area contributed by atoms with Crippen molar-refractivity contribution in [3.63, 3.8) is 0 Å². The van der Waals surface area contributed by atoms with Crippen molar-refractivity contribution in [2.45, 2.75) is 24.9 Å². The minimum atomic E-state index is -4.56. The Labute approximate surface area is 212 Å². The van der Waals surface area contributed by atoms with Crippen LogP contribution in [0.5, 0.6) is 0 Å². The molecule has 3 heterocycles. The molecule has 3 aromatic rings. The number of likely N-dealkylation sites (N-methyl/N-ethyl adjacent to an activating group) is 1. The predicted molar refractivity (Wildman–Crippen MR) is 129 cm³/mol. The lowest BCUT2D eigenvalue weighted by Gasteiger charge is -2.21. The molecular formula is C24H19ClF4N4O2S. The van der Waals surface area contributed by atoms with E-state index >= 15 is 0 Å². The Morgan fingerprint density at radius 1 is 1.17 bits per heavy atom. The van der Waals surface area contributed by atoms with Crippen LogP contribution in [0.25, 0.3) is 17.0 Å². The number of rotatable bonds is 4. The van der Waals surface area contributed by atoms with E-state index < -0.39 is 35.1 Å². The van der Waals surface area contributed by atoms with Gasteiger partial charge in [0.2, 0.25) is 0 Å². The lowest BCUT2D eigenvalue weighted by atomic mass is 10.1. The van der Waals surface area contributed by atoms with E-state index in [0.29, 0.717) is 16.5 Å². The Kier molecular flexibility index (Phi) is 6.34. The van der Waals surface area contributed by atoms with E-state index in [2.05, 4.69) is 5.10 Å². The van der Waals surface area contributed by atoms with E-state index in [1.165, 1.54) is 23.0 Å². The summed E-state index contributed by atoms with van der Waals surface area (Å²) in [6.07, 6.45) is -2.79. The number of thioether (sulfide) groups is 1. The summed E-state index contributed by atoms with van der Waals surface area (Å²) >= 11 is 6.53. The third-order valence-corrected chi connectivity index (χ3v) is 7.34. The number of amides is 2. The fourth-order valence-corrected chi connectivity index (χ4v) is 5.58. The summed E-state index contributed by atoms with van der Waals surface area (Å²) in [5.74, 6) is -0.536. The Balaban J connectivity index is 1.40. The molecule has 1 aromatic heterocycles. The highest BCUT2D eigenvalue weighted by atomic mass is 35.5. The zero-order chi connectivity index (χ0) is 25.8. The van der Waals surface area contributed by atoms with Crippen molar-refractivity contribution < 1.29 is 27.2 Å². The van der Waals surface area contributed by atoms with Gasteiger partial charge in [0.1, 0.15) is 6.17 Å². The highest BCUT2D eigenvalue weighted by molar-refractivity contribution is 8.18. The first-order chi connectivity index (χ1) is 17.0. The van der Waals surface area contributed by atoms with Crippen LogP contribution in [-0.2, 0) is 17.5 Å². The Hall–Kier alpha value is -2.89. The van der Waals surface area contributed by atoms with Crippen molar-refractivity contribution in [1.29, 1.82) is 0 Å². The molecule has 5 rings (SSSR count). The van der Waals surface area contributed by atoms with Crippen molar-refractivity contribution >= 4 is 51.5 Å². The molecule has 0 bridgehead atoms. The second-order valence-electron chi connectivity index (χ2n) is 8.78. The first-order valence-corrected chi connectivity index (χ1v) is 12.1. The summed E-state index contributed by atoms with van der Waals surface area (Å²) in [7, 11) is 1.73. The lowest BCUT2D eigenvalue weighted by molar-refractivity contribution is -0.138. The van der Waals surface area contributed by atoms with Gasteiger partial charge in [0.15, 0.2) is 0 Å². The van der Waals surface area contributed by atoms with Gasteiger partial charge in [-0.3, -0.25) is 19.2 Å². The average molecular weight is 539 g/mol. The molecule has 0 spiro atoms. The fraction of sp³-hybridized carbons (Fsp3) is 0.292. The number of likely N-dealkylation sites (tertiary alicyclic amines) is 1. The maximum Gasteiger partial charge on any atom is 0.416 e. The molecule has 2 saturated heterocycles. The number of halogens is 5. The number of nitrogens with zero attached hydrogens (tertiary/aromatic N) is 4. The summed E-state index contributed by atoms with van der Waals surface area (Å²) in [5, 5.41) is 4.36. The van der Waals surface area contributed by atoms with Crippen LogP contribution in [0.4, 0.5) is 22.4 Å². The second kappa shape index (κ2) is 9.20. The number of fused-ring (bicyclic) bond motifs is 1. The molecule has 2 fully saturated rings. The SMILES string of the molecule is CN1C[C@@H](F)[C@@H](N2C(=O)SC(=Cc3ccc4c(cnn4Cc4ccc(Cl)cc4C(F)(F)F)c3)C2=O)C1. The molecule has 2 aliphatic rings. The number of aromatic nitrogens is 2. The summed E-state index contributed by atoms with van der Waals surface area (Å²) in [4.78, 5) is 28.3. The van der Waals surface area contributed by atoms with Gasteiger partial charge < -0.3 is 4.90 Å². The minimum Gasteiger partial charge on any atom is -0.301 e. The molecule has 0 radical (unpaired) electrons. The highest BCUT2D eigenvalue weighted by Gasteiger charge is 2.46. The van der Waals surface area contributed by atoms with Crippen molar-refractivity contribution in [3.8, 4) is 0 Å². The van der Waals surface area contributed by atoms with E-state index in [1.54, 1.807) is 36.2 Å². The number of carbonyl (C=O) groups is 2. The average Bonchev–Trinajstić information content (AvgIpc) is 3.43. The van der Waals surface area contributed by atoms with Crippen LogP contribution in [0.2, 0.25) is 5.02 Å². The van der Waals surface area contributed by atoms with Crippen molar-refractivity contribution in [3.05, 3.63) is 69.2 Å². The molecule has 36 heavy (non-hydrogen) atoms. The van der Waals surface area contributed by atoms with Gasteiger partial charge in [-0.15, -0.1) is 0 Å². The van der Waals surface area contributed by atoms with Crippen molar-refractivity contribution in [2.24, 2.45) is 0 Å². The van der Waals surface area contributed by atoms with Gasteiger partial charge in [0, 0.05) is 23.5 Å².